The number of benzene rings is 1. The number of nitrogens with zero attached hydrogens (tertiary/aromatic N) is 2. The van der Waals surface area contributed by atoms with Gasteiger partial charge in [-0.3, -0.25) is 0 Å². The summed E-state index contributed by atoms with van der Waals surface area (Å²) in [4.78, 5) is 0. The standard InChI is InChI=1S/C38H44N2.C2H6/c1-14-31-34(27(7)38(11,12)36(31)15-2)22-25(5)40-30(10)35(32-18-16-17-19-37(32)40)21-24(4)23(3)20-33-26(6)28(8)39(13)29(33)9;1-2/h14-22H,1-3,9H2,4-8,10-13H3;1-2H3/b24-21+,25-22+,33-20-;. The van der Waals surface area contributed by atoms with Gasteiger partial charge in [-0.05, 0) is 99.3 Å². The van der Waals surface area contributed by atoms with Crippen LogP contribution in [0.25, 0.3) is 35.3 Å². The normalized spacial score (nSPS) is 15.8. The molecule has 42 heavy (non-hydrogen) atoms. The molecule has 0 unspecified atom stereocenters. The molecule has 4 rings (SSSR count). The molecule has 0 atom stereocenters. The van der Waals surface area contributed by atoms with Gasteiger partial charge in [0.1, 0.15) is 0 Å². The molecule has 0 spiro atoms. The first-order valence-corrected chi connectivity index (χ1v) is 15.0. The number of hydrogen-bond acceptors (Lipinski definition) is 0. The molecule has 2 heterocycles. The molecule has 0 radical (unpaired) electrons. The van der Waals surface area contributed by atoms with Gasteiger partial charge in [0.15, 0.2) is 0 Å². The van der Waals surface area contributed by atoms with Gasteiger partial charge in [-0.15, -0.1) is 0 Å². The van der Waals surface area contributed by atoms with Gasteiger partial charge in [-0.25, -0.2) is 0 Å². The van der Waals surface area contributed by atoms with Crippen LogP contribution in [-0.2, 0) is 7.05 Å². The van der Waals surface area contributed by atoms with Crippen molar-refractivity contribution in [3.63, 3.8) is 0 Å². The van der Waals surface area contributed by atoms with Crippen molar-refractivity contribution < 1.29 is 0 Å². The third-order valence-corrected chi connectivity index (χ3v) is 9.22. The molecule has 2 nitrogen and oxygen atoms in total. The van der Waals surface area contributed by atoms with Gasteiger partial charge in [-0.1, -0.05) is 89.9 Å². The lowest BCUT2D eigenvalue weighted by Gasteiger charge is -2.23. The molecular formula is C40H50N2. The molecule has 2 heteroatoms. The minimum absolute atomic E-state index is 0.0728. The Morgan fingerprint density at radius 3 is 2.05 bits per heavy atom. The summed E-state index contributed by atoms with van der Waals surface area (Å²) in [7, 11) is 2.07. The lowest BCUT2D eigenvalue weighted by molar-refractivity contribution is 0.562. The SMILES string of the molecule is C=CC1=C(C=C)C(C)(C)C(C)=C1/C=C(\C)n1c(C)c(/C=C(\C)C(=C)/C=c2/c(C)c(C)n(C)c2=C)c2ccccc21.CC. The maximum Gasteiger partial charge on any atom is 0.0534 e. The molecule has 0 saturated heterocycles. The van der Waals surface area contributed by atoms with E-state index in [2.05, 4.69) is 140 Å². The fourth-order valence-corrected chi connectivity index (χ4v) is 6.13. The number of allylic oxidation sites excluding steroid dienone is 10. The molecule has 220 valence electrons. The van der Waals surface area contributed by atoms with Gasteiger partial charge < -0.3 is 9.13 Å². The first kappa shape index (κ1) is 32.5. The summed E-state index contributed by atoms with van der Waals surface area (Å²) in [5.74, 6) is 0. The van der Waals surface area contributed by atoms with Gasteiger partial charge >= 0.3 is 0 Å². The number of para-hydroxylation sites is 1. The van der Waals surface area contributed by atoms with Crippen LogP contribution in [-0.4, -0.2) is 9.13 Å². The van der Waals surface area contributed by atoms with E-state index in [1.165, 1.54) is 61.4 Å². The zero-order chi connectivity index (χ0) is 31.7. The van der Waals surface area contributed by atoms with E-state index in [0.29, 0.717) is 0 Å². The summed E-state index contributed by atoms with van der Waals surface area (Å²) < 4.78 is 4.52. The van der Waals surface area contributed by atoms with Crippen molar-refractivity contribution in [1.82, 2.24) is 9.13 Å². The van der Waals surface area contributed by atoms with Crippen molar-refractivity contribution >= 4 is 35.3 Å². The Morgan fingerprint density at radius 1 is 0.881 bits per heavy atom. The average Bonchev–Trinajstić information content (AvgIpc) is 3.43. The van der Waals surface area contributed by atoms with Crippen LogP contribution in [0.3, 0.4) is 0 Å². The topological polar surface area (TPSA) is 9.86 Å². The lowest BCUT2D eigenvalue weighted by Crippen LogP contribution is -2.27. The predicted octanol–water partition coefficient (Wildman–Crippen LogP) is 9.67. The maximum absolute atomic E-state index is 4.43. The Kier molecular flexibility index (Phi) is 9.63. The van der Waals surface area contributed by atoms with Gasteiger partial charge in [0.05, 0.1) is 5.52 Å². The van der Waals surface area contributed by atoms with Crippen LogP contribution < -0.4 is 10.6 Å². The fraction of sp³-hybridized carbons (Fsp3) is 0.300. The number of aromatic nitrogens is 2. The summed E-state index contributed by atoms with van der Waals surface area (Å²) in [6.45, 7) is 38.6. The molecule has 0 fully saturated rings. The molecule has 1 aromatic carbocycles. The van der Waals surface area contributed by atoms with Crippen LogP contribution in [0.1, 0.15) is 71.0 Å². The zero-order valence-corrected chi connectivity index (χ0v) is 27.9. The van der Waals surface area contributed by atoms with E-state index in [1.54, 1.807) is 0 Å². The maximum atomic E-state index is 4.43. The average molecular weight is 559 g/mol. The minimum Gasteiger partial charge on any atom is -0.348 e. The predicted molar refractivity (Wildman–Crippen MR) is 189 cm³/mol. The van der Waals surface area contributed by atoms with E-state index >= 15 is 0 Å². The third-order valence-electron chi connectivity index (χ3n) is 9.22. The molecule has 0 N–H and O–H groups in total. The van der Waals surface area contributed by atoms with Crippen molar-refractivity contribution in [3.05, 3.63) is 129 Å². The zero-order valence-electron chi connectivity index (χ0n) is 27.9. The number of fused-ring (bicyclic) bond motifs is 1. The molecule has 1 aliphatic rings. The summed E-state index contributed by atoms with van der Waals surface area (Å²) >= 11 is 0. The first-order chi connectivity index (χ1) is 19.8. The largest absolute Gasteiger partial charge is 0.348 e. The first-order valence-electron chi connectivity index (χ1n) is 15.0. The van der Waals surface area contributed by atoms with Crippen LogP contribution >= 0.6 is 0 Å². The Hall–Kier alpha value is -4.04. The molecule has 2 aromatic heterocycles. The Labute approximate surface area is 254 Å². The van der Waals surface area contributed by atoms with Crippen LogP contribution in [0.5, 0.6) is 0 Å². The molecule has 3 aromatic rings. The Bertz CT molecular complexity index is 1830. The minimum atomic E-state index is -0.0728. The fourth-order valence-electron chi connectivity index (χ4n) is 6.13. The summed E-state index contributed by atoms with van der Waals surface area (Å²) in [5.41, 5.74) is 14.3. The van der Waals surface area contributed by atoms with Crippen molar-refractivity contribution in [3.8, 4) is 0 Å². The second-order valence-electron chi connectivity index (χ2n) is 11.7. The van der Waals surface area contributed by atoms with Crippen molar-refractivity contribution in [2.24, 2.45) is 12.5 Å². The van der Waals surface area contributed by atoms with E-state index in [-0.39, 0.29) is 5.41 Å². The van der Waals surface area contributed by atoms with Crippen LogP contribution in [0.15, 0.2) is 95.7 Å². The van der Waals surface area contributed by atoms with Crippen LogP contribution in [0.4, 0.5) is 0 Å². The van der Waals surface area contributed by atoms with E-state index in [9.17, 15) is 0 Å². The van der Waals surface area contributed by atoms with Crippen LogP contribution in [0, 0.1) is 26.2 Å². The highest BCUT2D eigenvalue weighted by molar-refractivity contribution is 5.94. The summed E-state index contributed by atoms with van der Waals surface area (Å²) in [5, 5.41) is 3.40. The molecule has 0 bridgehead atoms. The van der Waals surface area contributed by atoms with E-state index in [1.807, 2.05) is 26.0 Å². The Morgan fingerprint density at radius 2 is 1.50 bits per heavy atom. The third kappa shape index (κ3) is 5.31. The molecule has 0 amide bonds. The van der Waals surface area contributed by atoms with Crippen molar-refractivity contribution in [2.75, 3.05) is 0 Å². The molecule has 0 saturated carbocycles. The van der Waals surface area contributed by atoms with Gasteiger partial charge in [0.2, 0.25) is 0 Å². The molecular weight excluding hydrogens is 508 g/mol. The smallest absolute Gasteiger partial charge is 0.0534 e. The summed E-state index contributed by atoms with van der Waals surface area (Å²) in [6, 6.07) is 8.65. The monoisotopic (exact) mass is 558 g/mol. The van der Waals surface area contributed by atoms with Crippen molar-refractivity contribution in [1.29, 1.82) is 0 Å². The highest BCUT2D eigenvalue weighted by Crippen LogP contribution is 2.48. The van der Waals surface area contributed by atoms with Gasteiger partial charge in [0, 0.05) is 51.1 Å². The van der Waals surface area contributed by atoms with Gasteiger partial charge in [-0.2, -0.15) is 0 Å². The lowest BCUT2D eigenvalue weighted by atomic mass is 9.81. The Balaban J connectivity index is 0.00000237. The summed E-state index contributed by atoms with van der Waals surface area (Å²) in [6.07, 6.45) is 10.7. The quantitative estimate of drug-likeness (QED) is 0.256. The van der Waals surface area contributed by atoms with E-state index < -0.39 is 0 Å². The van der Waals surface area contributed by atoms with E-state index in [4.69, 9.17) is 0 Å². The highest BCUT2D eigenvalue weighted by Gasteiger charge is 2.34. The number of hydrogen-bond donors (Lipinski definition) is 0. The second-order valence-corrected chi connectivity index (χ2v) is 11.7. The number of rotatable bonds is 7. The van der Waals surface area contributed by atoms with Crippen molar-refractivity contribution in [2.45, 2.75) is 69.2 Å². The second kappa shape index (κ2) is 12.4. The molecule has 1 aliphatic carbocycles. The molecule has 0 aliphatic heterocycles. The highest BCUT2D eigenvalue weighted by atomic mass is 15.0. The van der Waals surface area contributed by atoms with Gasteiger partial charge in [0.25, 0.3) is 0 Å². The van der Waals surface area contributed by atoms with E-state index in [0.717, 1.165) is 21.7 Å². The van der Waals surface area contributed by atoms with Crippen LogP contribution in [0.2, 0.25) is 0 Å².